The molecule has 0 bridgehead atoms. The van der Waals surface area contributed by atoms with Gasteiger partial charge in [0, 0.05) is 43.9 Å². The Hall–Kier alpha value is -2.89. The van der Waals surface area contributed by atoms with E-state index < -0.39 is 0 Å². The van der Waals surface area contributed by atoms with Crippen molar-refractivity contribution in [2.45, 2.75) is 38.1 Å². The molecule has 2 amide bonds. The van der Waals surface area contributed by atoms with Gasteiger partial charge >= 0.3 is 0 Å². The summed E-state index contributed by atoms with van der Waals surface area (Å²) in [5, 5.41) is 5.90. The van der Waals surface area contributed by atoms with Crippen molar-refractivity contribution in [2.75, 3.05) is 24.3 Å². The third-order valence-corrected chi connectivity index (χ3v) is 4.84. The van der Waals surface area contributed by atoms with E-state index in [0.717, 1.165) is 31.4 Å². The van der Waals surface area contributed by atoms with Crippen LogP contribution in [0.15, 0.2) is 42.7 Å². The Balaban J connectivity index is 1.65. The maximum Gasteiger partial charge on any atom is 0.257 e. The predicted molar refractivity (Wildman–Crippen MR) is 107 cm³/mol. The molecule has 0 aliphatic heterocycles. The molecule has 1 heterocycles. The summed E-state index contributed by atoms with van der Waals surface area (Å²) in [6, 6.07) is 9.37. The molecule has 0 atom stereocenters. The Labute approximate surface area is 160 Å². The first-order valence-corrected chi connectivity index (χ1v) is 9.37. The minimum absolute atomic E-state index is 0.167. The van der Waals surface area contributed by atoms with Crippen molar-refractivity contribution < 1.29 is 9.59 Å². The van der Waals surface area contributed by atoms with Gasteiger partial charge in [0.2, 0.25) is 0 Å². The summed E-state index contributed by atoms with van der Waals surface area (Å²) >= 11 is 0. The maximum atomic E-state index is 12.5. The van der Waals surface area contributed by atoms with Crippen LogP contribution in [0, 0.1) is 0 Å². The number of aromatic nitrogens is 1. The zero-order valence-electron chi connectivity index (χ0n) is 15.9. The summed E-state index contributed by atoms with van der Waals surface area (Å²) in [5.74, 6) is -0.452. The van der Waals surface area contributed by atoms with Crippen LogP contribution in [0.1, 0.15) is 52.8 Å². The number of rotatable bonds is 5. The van der Waals surface area contributed by atoms with E-state index in [-0.39, 0.29) is 17.9 Å². The highest BCUT2D eigenvalue weighted by molar-refractivity contribution is 6.05. The van der Waals surface area contributed by atoms with Gasteiger partial charge in [-0.15, -0.1) is 0 Å². The smallest absolute Gasteiger partial charge is 0.257 e. The van der Waals surface area contributed by atoms with Crippen molar-refractivity contribution in [1.29, 1.82) is 0 Å². The number of nitrogens with one attached hydrogen (secondary N) is 2. The second-order valence-electron chi connectivity index (χ2n) is 7.17. The molecule has 0 spiro atoms. The number of carbonyl (C=O) groups is 2. The molecule has 1 fully saturated rings. The van der Waals surface area contributed by atoms with Crippen LogP contribution in [0.5, 0.6) is 0 Å². The van der Waals surface area contributed by atoms with Crippen LogP contribution in [-0.2, 0) is 0 Å². The van der Waals surface area contributed by atoms with Crippen molar-refractivity contribution in [3.05, 3.63) is 53.9 Å². The van der Waals surface area contributed by atoms with E-state index in [4.69, 9.17) is 0 Å². The molecule has 6 heteroatoms. The van der Waals surface area contributed by atoms with Gasteiger partial charge in [-0.2, -0.15) is 0 Å². The fourth-order valence-electron chi connectivity index (χ4n) is 3.25. The lowest BCUT2D eigenvalue weighted by Crippen LogP contribution is -2.36. The zero-order chi connectivity index (χ0) is 19.2. The van der Waals surface area contributed by atoms with Gasteiger partial charge < -0.3 is 15.5 Å². The third-order valence-electron chi connectivity index (χ3n) is 4.84. The number of hydrogen-bond acceptors (Lipinski definition) is 4. The van der Waals surface area contributed by atoms with Crippen LogP contribution >= 0.6 is 0 Å². The quantitative estimate of drug-likeness (QED) is 0.850. The fraction of sp³-hybridized carbons (Fsp3) is 0.381. The Morgan fingerprint density at radius 2 is 1.59 bits per heavy atom. The fourth-order valence-corrected chi connectivity index (χ4v) is 3.25. The molecule has 142 valence electrons. The van der Waals surface area contributed by atoms with Crippen LogP contribution < -0.4 is 15.5 Å². The molecule has 0 saturated heterocycles. The average Bonchev–Trinajstić information content (AvgIpc) is 2.69. The van der Waals surface area contributed by atoms with Crippen LogP contribution in [0.4, 0.5) is 11.4 Å². The first kappa shape index (κ1) is 18.9. The number of benzene rings is 1. The lowest BCUT2D eigenvalue weighted by molar-refractivity contribution is 0.0927. The molecule has 3 rings (SSSR count). The van der Waals surface area contributed by atoms with Gasteiger partial charge in [-0.3, -0.25) is 14.6 Å². The number of carbonyl (C=O) groups excluding carboxylic acids is 2. The van der Waals surface area contributed by atoms with E-state index >= 15 is 0 Å². The van der Waals surface area contributed by atoms with Gasteiger partial charge in [-0.1, -0.05) is 19.3 Å². The topological polar surface area (TPSA) is 74.3 Å². The van der Waals surface area contributed by atoms with E-state index in [1.54, 1.807) is 6.07 Å². The van der Waals surface area contributed by atoms with Crippen LogP contribution in [0.2, 0.25) is 0 Å². The molecule has 6 nitrogen and oxygen atoms in total. The Bertz CT molecular complexity index is 796. The van der Waals surface area contributed by atoms with Crippen molar-refractivity contribution in [1.82, 2.24) is 10.3 Å². The van der Waals surface area contributed by atoms with Gasteiger partial charge in [0.05, 0.1) is 11.1 Å². The summed E-state index contributed by atoms with van der Waals surface area (Å²) in [6.07, 6.45) is 8.54. The molecule has 1 saturated carbocycles. The Morgan fingerprint density at radius 3 is 2.22 bits per heavy atom. The van der Waals surface area contributed by atoms with Crippen molar-refractivity contribution >= 4 is 23.2 Å². The van der Waals surface area contributed by atoms with Crippen molar-refractivity contribution in [2.24, 2.45) is 0 Å². The highest BCUT2D eigenvalue weighted by Crippen LogP contribution is 2.19. The monoisotopic (exact) mass is 366 g/mol. The first-order chi connectivity index (χ1) is 13.0. The minimum Gasteiger partial charge on any atom is -0.378 e. The van der Waals surface area contributed by atoms with E-state index in [1.807, 2.05) is 43.3 Å². The SMILES string of the molecule is CN(C)c1ccc(NC(=O)c2cncc(C(=O)NC3CCCCC3)c2)cc1. The molecule has 1 aliphatic rings. The molecule has 1 aliphatic carbocycles. The summed E-state index contributed by atoms with van der Waals surface area (Å²) in [6.45, 7) is 0. The lowest BCUT2D eigenvalue weighted by Gasteiger charge is -2.22. The molecule has 2 aromatic rings. The number of pyridine rings is 1. The normalized spacial score (nSPS) is 14.4. The third kappa shape index (κ3) is 5.06. The van der Waals surface area contributed by atoms with Crippen molar-refractivity contribution in [3.8, 4) is 0 Å². The minimum atomic E-state index is -0.285. The Kier molecular flexibility index (Phi) is 6.06. The summed E-state index contributed by atoms with van der Waals surface area (Å²) in [7, 11) is 3.92. The number of amides is 2. The maximum absolute atomic E-state index is 12.5. The number of hydrogen-bond donors (Lipinski definition) is 2. The highest BCUT2D eigenvalue weighted by Gasteiger charge is 2.18. The first-order valence-electron chi connectivity index (χ1n) is 9.37. The van der Waals surface area contributed by atoms with Crippen LogP contribution in [0.25, 0.3) is 0 Å². The summed E-state index contributed by atoms with van der Waals surface area (Å²) < 4.78 is 0. The standard InChI is InChI=1S/C21H26N4O2/c1-25(2)19-10-8-18(9-11-19)24-21(27)16-12-15(13-22-14-16)20(26)23-17-6-4-3-5-7-17/h8-14,17H,3-7H2,1-2H3,(H,23,26)(H,24,27). The van der Waals surface area contributed by atoms with E-state index in [2.05, 4.69) is 15.6 Å². The Morgan fingerprint density at radius 1 is 0.963 bits per heavy atom. The van der Waals surface area contributed by atoms with Crippen LogP contribution in [-0.4, -0.2) is 36.9 Å². The molecule has 0 radical (unpaired) electrons. The largest absolute Gasteiger partial charge is 0.378 e. The number of nitrogens with zero attached hydrogens (tertiary/aromatic N) is 2. The molecule has 27 heavy (non-hydrogen) atoms. The average molecular weight is 366 g/mol. The van der Waals surface area contributed by atoms with Gasteiger partial charge in [0.25, 0.3) is 11.8 Å². The molecule has 1 aromatic carbocycles. The second kappa shape index (κ2) is 8.66. The summed E-state index contributed by atoms with van der Waals surface area (Å²) in [5.41, 5.74) is 2.53. The molecule has 0 unspecified atom stereocenters. The summed E-state index contributed by atoms with van der Waals surface area (Å²) in [4.78, 5) is 31.0. The van der Waals surface area contributed by atoms with Gasteiger partial charge in [0.15, 0.2) is 0 Å². The predicted octanol–water partition coefficient (Wildman–Crippen LogP) is 3.46. The molecule has 2 N–H and O–H groups in total. The second-order valence-corrected chi connectivity index (χ2v) is 7.17. The highest BCUT2D eigenvalue weighted by atomic mass is 16.2. The van der Waals surface area contributed by atoms with Crippen molar-refractivity contribution in [3.63, 3.8) is 0 Å². The molecule has 1 aromatic heterocycles. The molecular weight excluding hydrogens is 340 g/mol. The van der Waals surface area contributed by atoms with Gasteiger partial charge in [-0.05, 0) is 43.2 Å². The van der Waals surface area contributed by atoms with Crippen LogP contribution in [0.3, 0.4) is 0 Å². The van der Waals surface area contributed by atoms with E-state index in [0.29, 0.717) is 16.8 Å². The lowest BCUT2D eigenvalue weighted by atomic mass is 9.95. The van der Waals surface area contributed by atoms with E-state index in [1.165, 1.54) is 18.8 Å². The zero-order valence-corrected chi connectivity index (χ0v) is 15.9. The molecular formula is C21H26N4O2. The van der Waals surface area contributed by atoms with Gasteiger partial charge in [0.1, 0.15) is 0 Å². The number of anilines is 2. The van der Waals surface area contributed by atoms with Gasteiger partial charge in [-0.25, -0.2) is 0 Å². The van der Waals surface area contributed by atoms with E-state index in [9.17, 15) is 9.59 Å².